The highest BCUT2D eigenvalue weighted by molar-refractivity contribution is 7.99. The lowest BCUT2D eigenvalue weighted by Gasteiger charge is -2.48. The molecule has 0 aliphatic carbocycles. The van der Waals surface area contributed by atoms with Crippen LogP contribution in [-0.4, -0.2) is 0 Å². The van der Waals surface area contributed by atoms with E-state index in [4.69, 9.17) is 55.9 Å². The summed E-state index contributed by atoms with van der Waals surface area (Å²) in [7, 11) is 0. The third-order valence-corrected chi connectivity index (χ3v) is 10.1. The van der Waals surface area contributed by atoms with Crippen molar-refractivity contribution in [1.29, 1.82) is 0 Å². The molecule has 0 N–H and O–H groups in total. The summed E-state index contributed by atoms with van der Waals surface area (Å²) in [5, 5.41) is 0.556. The first-order valence-corrected chi connectivity index (χ1v) is 14.6. The Labute approximate surface area is 250 Å². The lowest BCUT2D eigenvalue weighted by Crippen LogP contribution is -2.48. The van der Waals surface area contributed by atoms with Gasteiger partial charge < -0.3 is 9.47 Å². The second-order valence-electron chi connectivity index (χ2n) is 9.30. The minimum Gasteiger partial charge on any atom is -0.475 e. The lowest BCUT2D eigenvalue weighted by atomic mass is 9.76. The predicted octanol–water partition coefficient (Wildman–Crippen LogP) is 10.9. The fourth-order valence-corrected chi connectivity index (χ4v) is 7.56. The molecule has 0 aromatic heterocycles. The molecule has 2 aliphatic rings. The van der Waals surface area contributed by atoms with E-state index in [0.29, 0.717) is 0 Å². The third kappa shape index (κ3) is 3.79. The van der Waals surface area contributed by atoms with Crippen LogP contribution in [0.5, 0.6) is 11.5 Å². The van der Waals surface area contributed by atoms with E-state index >= 15 is 0 Å². The molecule has 0 radical (unpaired) electrons. The minimum absolute atomic E-state index is 0.121. The van der Waals surface area contributed by atoms with E-state index in [9.17, 15) is 0 Å². The molecular weight excluding hydrogens is 590 g/mol. The number of benzene rings is 5. The Hall–Kier alpha value is -2.79. The van der Waals surface area contributed by atoms with Gasteiger partial charge in [-0.25, -0.2) is 0 Å². The first kappa shape index (κ1) is 25.2. The Bertz CT molecular complexity index is 1710. The number of halogens is 4. The van der Waals surface area contributed by atoms with Crippen LogP contribution in [-0.2, 0) is 5.60 Å². The average molecular weight is 608 g/mol. The second-order valence-corrected chi connectivity index (χ2v) is 11.9. The van der Waals surface area contributed by atoms with Crippen molar-refractivity contribution in [3.05, 3.63) is 140 Å². The van der Waals surface area contributed by atoms with Crippen molar-refractivity contribution in [2.45, 2.75) is 21.5 Å². The number of hydrogen-bond acceptors (Lipinski definition) is 3. The Balaban J connectivity index is 1.60. The van der Waals surface area contributed by atoms with Gasteiger partial charge in [0.2, 0.25) is 5.60 Å². The molecule has 2 aliphatic heterocycles. The second kappa shape index (κ2) is 9.69. The SMILES string of the molecule is Clc1c(Cl)c(Cl)c2c(c1Cl)OC(c1ccccc1-c1ccccc1)C1(O2)c2ccccc2Sc2ccccc21. The molecule has 2 heterocycles. The largest absolute Gasteiger partial charge is 0.475 e. The van der Waals surface area contributed by atoms with Crippen molar-refractivity contribution >= 4 is 58.2 Å². The normalized spacial score (nSPS) is 16.5. The maximum absolute atomic E-state index is 7.12. The topological polar surface area (TPSA) is 18.5 Å². The molecule has 5 aromatic rings. The zero-order valence-electron chi connectivity index (χ0n) is 20.1. The van der Waals surface area contributed by atoms with Crippen molar-refractivity contribution in [3.63, 3.8) is 0 Å². The van der Waals surface area contributed by atoms with E-state index in [1.54, 1.807) is 11.8 Å². The van der Waals surface area contributed by atoms with Gasteiger partial charge in [-0.2, -0.15) is 0 Å². The molecule has 0 fully saturated rings. The van der Waals surface area contributed by atoms with E-state index in [1.165, 1.54) is 0 Å². The number of rotatable bonds is 2. The van der Waals surface area contributed by atoms with Crippen LogP contribution in [0.4, 0.5) is 0 Å². The van der Waals surface area contributed by atoms with Crippen LogP contribution >= 0.6 is 58.2 Å². The number of ether oxygens (including phenoxy) is 2. The van der Waals surface area contributed by atoms with Crippen molar-refractivity contribution in [3.8, 4) is 22.6 Å². The molecular formula is C32H18Cl4O2S. The van der Waals surface area contributed by atoms with Gasteiger partial charge in [0, 0.05) is 26.5 Å². The zero-order valence-corrected chi connectivity index (χ0v) is 24.0. The van der Waals surface area contributed by atoms with Crippen LogP contribution in [0.25, 0.3) is 11.1 Å². The van der Waals surface area contributed by atoms with Gasteiger partial charge in [-0.15, -0.1) is 0 Å². The quantitative estimate of drug-likeness (QED) is 0.147. The number of fused-ring (bicyclic) bond motifs is 5. The average Bonchev–Trinajstić information content (AvgIpc) is 2.99. The minimum atomic E-state index is -1.11. The summed E-state index contributed by atoms with van der Waals surface area (Å²) in [4.78, 5) is 2.13. The molecule has 1 spiro atoms. The molecule has 1 unspecified atom stereocenters. The van der Waals surface area contributed by atoms with E-state index in [0.717, 1.165) is 37.6 Å². The smallest absolute Gasteiger partial charge is 0.202 e. The predicted molar refractivity (Wildman–Crippen MR) is 160 cm³/mol. The van der Waals surface area contributed by atoms with Crippen molar-refractivity contribution in [1.82, 2.24) is 0 Å². The van der Waals surface area contributed by atoms with Crippen LogP contribution in [0.15, 0.2) is 113 Å². The van der Waals surface area contributed by atoms with Gasteiger partial charge in [0.25, 0.3) is 0 Å². The van der Waals surface area contributed by atoms with Gasteiger partial charge in [-0.3, -0.25) is 0 Å². The van der Waals surface area contributed by atoms with Gasteiger partial charge in [-0.05, 0) is 23.3 Å². The highest BCUT2D eigenvalue weighted by atomic mass is 35.5. The van der Waals surface area contributed by atoms with Crippen LogP contribution in [0.3, 0.4) is 0 Å². The summed E-state index contributed by atoms with van der Waals surface area (Å²) < 4.78 is 14.1. The van der Waals surface area contributed by atoms with Crippen molar-refractivity contribution in [2.24, 2.45) is 0 Å². The van der Waals surface area contributed by atoms with Crippen molar-refractivity contribution < 1.29 is 9.47 Å². The molecule has 1 atom stereocenters. The molecule has 2 nitrogen and oxygen atoms in total. The van der Waals surface area contributed by atoms with E-state index < -0.39 is 11.7 Å². The summed E-state index contributed by atoms with van der Waals surface area (Å²) in [5.41, 5.74) is 3.83. The summed E-state index contributed by atoms with van der Waals surface area (Å²) in [6.07, 6.45) is -0.657. The molecule has 7 heteroatoms. The highest BCUT2D eigenvalue weighted by Crippen LogP contribution is 2.63. The van der Waals surface area contributed by atoms with Crippen LogP contribution in [0.2, 0.25) is 20.1 Å². The summed E-state index contributed by atoms with van der Waals surface area (Å²) >= 11 is 28.2. The number of hydrogen-bond donors (Lipinski definition) is 0. The summed E-state index contributed by atoms with van der Waals surface area (Å²) in [5.74, 6) is 0.531. The Morgan fingerprint density at radius 1 is 0.564 bits per heavy atom. The fourth-order valence-electron chi connectivity index (χ4n) is 5.47. The molecule has 5 aromatic carbocycles. The van der Waals surface area contributed by atoms with Gasteiger partial charge >= 0.3 is 0 Å². The molecule has 192 valence electrons. The standard InChI is InChI=1S/C32H18Cl4O2S/c33-25-26(34)28(36)30-29(27(25)35)37-31(20-13-5-4-12-19(20)18-10-2-1-3-11-18)32(38-30)21-14-6-8-16-23(21)39-24-17-9-7-15-22(24)32/h1-17,31H. The summed E-state index contributed by atoms with van der Waals surface area (Å²) in [6.45, 7) is 0. The lowest BCUT2D eigenvalue weighted by molar-refractivity contribution is -0.0494. The van der Waals surface area contributed by atoms with Crippen molar-refractivity contribution in [2.75, 3.05) is 0 Å². The van der Waals surface area contributed by atoms with Crippen LogP contribution < -0.4 is 9.47 Å². The molecule has 39 heavy (non-hydrogen) atoms. The molecule has 7 rings (SSSR count). The maximum Gasteiger partial charge on any atom is 0.202 e. The highest BCUT2D eigenvalue weighted by Gasteiger charge is 2.56. The van der Waals surface area contributed by atoms with E-state index in [1.807, 2.05) is 54.6 Å². The van der Waals surface area contributed by atoms with E-state index in [2.05, 4.69) is 48.5 Å². The van der Waals surface area contributed by atoms with Gasteiger partial charge in [0.05, 0.1) is 10.0 Å². The summed E-state index contributed by atoms with van der Waals surface area (Å²) in [6, 6.07) is 34.8. The van der Waals surface area contributed by atoms with Gasteiger partial charge in [-0.1, -0.05) is 149 Å². The molecule has 0 saturated heterocycles. The first-order valence-electron chi connectivity index (χ1n) is 12.2. The molecule has 0 bridgehead atoms. The van der Waals surface area contributed by atoms with Gasteiger partial charge in [0.1, 0.15) is 10.0 Å². The Kier molecular flexibility index (Phi) is 6.26. The monoisotopic (exact) mass is 606 g/mol. The molecule has 0 amide bonds. The Morgan fingerprint density at radius 2 is 1.10 bits per heavy atom. The van der Waals surface area contributed by atoms with E-state index in [-0.39, 0.29) is 31.6 Å². The fraction of sp³-hybridized carbons (Fsp3) is 0.0625. The van der Waals surface area contributed by atoms with Crippen LogP contribution in [0, 0.1) is 0 Å². The third-order valence-electron chi connectivity index (χ3n) is 7.17. The zero-order chi connectivity index (χ0) is 26.7. The first-order chi connectivity index (χ1) is 19.0. The molecule has 0 saturated carbocycles. The van der Waals surface area contributed by atoms with Crippen LogP contribution in [0.1, 0.15) is 22.8 Å². The van der Waals surface area contributed by atoms with Gasteiger partial charge in [0.15, 0.2) is 17.6 Å². The maximum atomic E-state index is 7.12. The Morgan fingerprint density at radius 3 is 1.77 bits per heavy atom.